The van der Waals surface area contributed by atoms with Gasteiger partial charge in [0.05, 0.1) is 24.7 Å². The second-order valence-electron chi connectivity index (χ2n) is 5.94. The molecule has 1 fully saturated rings. The number of hydrogen-bond donors (Lipinski definition) is 4. The standard InChI is InChI=1S/C13H22N6O7S/c1-18-8-15-6-11(18)9(14)7-25-16-12(20)10-4-2-3-5-19(10)13(21)17-26-27(22,23)24/h6,8-10H,2-5,7,14H2,1H3,(H,16,20)(H,17,21)(H,22,23,24)/t9?,10-/m0/s1. The van der Waals surface area contributed by atoms with Gasteiger partial charge in [-0.2, -0.15) is 13.9 Å². The van der Waals surface area contributed by atoms with Crippen LogP contribution in [-0.4, -0.2) is 58.6 Å². The number of likely N-dealkylation sites (tertiary alicyclic amines) is 1. The van der Waals surface area contributed by atoms with Crippen LogP contribution in [0.1, 0.15) is 31.0 Å². The van der Waals surface area contributed by atoms with E-state index < -0.39 is 34.4 Å². The van der Waals surface area contributed by atoms with Crippen LogP contribution < -0.4 is 16.7 Å². The summed E-state index contributed by atoms with van der Waals surface area (Å²) in [5.41, 5.74) is 10.5. The van der Waals surface area contributed by atoms with E-state index in [1.807, 2.05) is 0 Å². The maximum atomic E-state index is 12.3. The van der Waals surface area contributed by atoms with Gasteiger partial charge in [-0.25, -0.2) is 15.3 Å². The Hall–Kier alpha value is -2.26. The SMILES string of the molecule is Cn1cncc1C(N)CONC(=O)[C@@H]1CCCCN1C(=O)NOS(=O)(=O)O. The van der Waals surface area contributed by atoms with Crippen LogP contribution in [0.25, 0.3) is 0 Å². The van der Waals surface area contributed by atoms with Crippen LogP contribution in [0.4, 0.5) is 4.79 Å². The molecule has 27 heavy (non-hydrogen) atoms. The van der Waals surface area contributed by atoms with E-state index in [2.05, 4.69) is 14.7 Å². The first-order valence-electron chi connectivity index (χ1n) is 8.05. The molecule has 1 aromatic heterocycles. The first kappa shape index (κ1) is 21.0. The molecule has 0 bridgehead atoms. The lowest BCUT2D eigenvalue weighted by atomic mass is 10.0. The number of aromatic nitrogens is 2. The van der Waals surface area contributed by atoms with Gasteiger partial charge in [0.1, 0.15) is 6.04 Å². The largest absolute Gasteiger partial charge is 0.418 e. The summed E-state index contributed by atoms with van der Waals surface area (Å²) in [6.07, 6.45) is 4.83. The van der Waals surface area contributed by atoms with E-state index in [1.165, 1.54) is 0 Å². The molecule has 1 saturated heterocycles. The van der Waals surface area contributed by atoms with E-state index in [0.717, 1.165) is 4.90 Å². The van der Waals surface area contributed by atoms with Crippen molar-refractivity contribution in [2.45, 2.75) is 31.3 Å². The number of nitrogens with zero attached hydrogens (tertiary/aromatic N) is 3. The van der Waals surface area contributed by atoms with Gasteiger partial charge in [0.15, 0.2) is 0 Å². The quantitative estimate of drug-likeness (QED) is 0.318. The summed E-state index contributed by atoms with van der Waals surface area (Å²) in [4.78, 5) is 34.5. The van der Waals surface area contributed by atoms with Crippen molar-refractivity contribution < 1.29 is 31.7 Å². The molecular formula is C13H22N6O7S. The van der Waals surface area contributed by atoms with Gasteiger partial charge in [-0.3, -0.25) is 14.2 Å². The molecule has 1 aliphatic heterocycles. The van der Waals surface area contributed by atoms with Crippen molar-refractivity contribution in [1.82, 2.24) is 25.4 Å². The minimum absolute atomic E-state index is 0.0178. The van der Waals surface area contributed by atoms with Gasteiger partial charge in [-0.1, -0.05) is 0 Å². The number of carbonyl (C=O) groups excluding carboxylic acids is 2. The zero-order valence-electron chi connectivity index (χ0n) is 14.6. The molecule has 0 aromatic carbocycles. The molecule has 3 amide bonds. The van der Waals surface area contributed by atoms with Crippen molar-refractivity contribution in [3.63, 3.8) is 0 Å². The van der Waals surface area contributed by atoms with Crippen LogP contribution in [0, 0.1) is 0 Å². The molecule has 0 saturated carbocycles. The van der Waals surface area contributed by atoms with Gasteiger partial charge >= 0.3 is 16.4 Å². The molecule has 14 heteroatoms. The number of piperidine rings is 1. The van der Waals surface area contributed by atoms with E-state index in [-0.39, 0.29) is 13.2 Å². The Balaban J connectivity index is 1.86. The zero-order chi connectivity index (χ0) is 20.0. The number of aryl methyl sites for hydroxylation is 1. The van der Waals surface area contributed by atoms with Crippen molar-refractivity contribution >= 4 is 22.3 Å². The number of carbonyl (C=O) groups is 2. The predicted molar refractivity (Wildman–Crippen MR) is 89.7 cm³/mol. The molecule has 5 N–H and O–H groups in total. The van der Waals surface area contributed by atoms with Crippen molar-refractivity contribution in [3.05, 3.63) is 18.2 Å². The number of imidazole rings is 1. The topological polar surface area (TPSA) is 178 Å². The third kappa shape index (κ3) is 6.14. The molecule has 13 nitrogen and oxygen atoms in total. The van der Waals surface area contributed by atoms with Gasteiger partial charge in [0, 0.05) is 19.8 Å². The highest BCUT2D eigenvalue weighted by molar-refractivity contribution is 7.80. The molecular weight excluding hydrogens is 384 g/mol. The highest BCUT2D eigenvalue weighted by Gasteiger charge is 2.33. The predicted octanol–water partition coefficient (Wildman–Crippen LogP) is -1.23. The maximum absolute atomic E-state index is 12.3. The maximum Gasteiger partial charge on any atom is 0.418 e. The molecule has 0 spiro atoms. The molecule has 1 unspecified atom stereocenters. The summed E-state index contributed by atoms with van der Waals surface area (Å²) >= 11 is 0. The molecule has 1 aliphatic rings. The van der Waals surface area contributed by atoms with E-state index in [4.69, 9.17) is 15.1 Å². The van der Waals surface area contributed by atoms with E-state index >= 15 is 0 Å². The molecule has 152 valence electrons. The number of rotatable bonds is 7. The zero-order valence-corrected chi connectivity index (χ0v) is 15.4. The van der Waals surface area contributed by atoms with Crippen LogP contribution in [0.2, 0.25) is 0 Å². The van der Waals surface area contributed by atoms with E-state index in [0.29, 0.717) is 25.0 Å². The fourth-order valence-electron chi connectivity index (χ4n) is 2.67. The summed E-state index contributed by atoms with van der Waals surface area (Å²) in [6, 6.07) is -2.39. The molecule has 2 heterocycles. The number of nitrogens with one attached hydrogen (secondary N) is 2. The summed E-state index contributed by atoms with van der Waals surface area (Å²) in [7, 11) is -3.08. The second-order valence-corrected chi connectivity index (χ2v) is 6.96. The summed E-state index contributed by atoms with van der Waals surface area (Å²) in [6.45, 7) is 0.184. The Morgan fingerprint density at radius 1 is 1.44 bits per heavy atom. The van der Waals surface area contributed by atoms with Crippen molar-refractivity contribution in [3.8, 4) is 0 Å². The second kappa shape index (κ2) is 9.09. The average molecular weight is 406 g/mol. The number of nitrogens with two attached hydrogens (primary N) is 1. The van der Waals surface area contributed by atoms with E-state index in [9.17, 15) is 18.0 Å². The summed E-state index contributed by atoms with van der Waals surface area (Å²) < 4.78 is 35.1. The van der Waals surface area contributed by atoms with Crippen LogP contribution >= 0.6 is 0 Å². The van der Waals surface area contributed by atoms with Crippen molar-refractivity contribution in [1.29, 1.82) is 0 Å². The lowest BCUT2D eigenvalue weighted by molar-refractivity contribution is -0.139. The lowest BCUT2D eigenvalue weighted by Gasteiger charge is -2.33. The fraction of sp³-hybridized carbons (Fsp3) is 0.615. The Morgan fingerprint density at radius 3 is 2.81 bits per heavy atom. The minimum atomic E-state index is -4.85. The first-order valence-corrected chi connectivity index (χ1v) is 9.41. The van der Waals surface area contributed by atoms with Gasteiger partial charge < -0.3 is 15.2 Å². The number of amides is 3. The Morgan fingerprint density at radius 2 is 2.19 bits per heavy atom. The Bertz CT molecular complexity index is 767. The normalized spacial score (nSPS) is 18.8. The number of hydrogen-bond acceptors (Lipinski definition) is 8. The number of urea groups is 1. The minimum Gasteiger partial charge on any atom is -0.336 e. The Labute approximate surface area is 155 Å². The summed E-state index contributed by atoms with van der Waals surface area (Å²) in [5, 5.41) is 0. The van der Waals surface area contributed by atoms with Gasteiger partial charge in [-0.05, 0) is 19.3 Å². The van der Waals surface area contributed by atoms with Gasteiger partial charge in [0.25, 0.3) is 5.91 Å². The van der Waals surface area contributed by atoms with E-state index in [1.54, 1.807) is 29.6 Å². The molecule has 1 aromatic rings. The van der Waals surface area contributed by atoms with Crippen LogP contribution in [0.5, 0.6) is 0 Å². The third-order valence-electron chi connectivity index (χ3n) is 3.97. The number of hydroxylamine groups is 2. The molecule has 0 aliphatic carbocycles. The van der Waals surface area contributed by atoms with Crippen LogP contribution in [0.3, 0.4) is 0 Å². The first-order chi connectivity index (χ1) is 12.7. The lowest BCUT2D eigenvalue weighted by Crippen LogP contribution is -2.55. The molecule has 2 atom stereocenters. The van der Waals surface area contributed by atoms with Crippen LogP contribution in [0.15, 0.2) is 12.5 Å². The van der Waals surface area contributed by atoms with Crippen molar-refractivity contribution in [2.75, 3.05) is 13.2 Å². The fourth-order valence-corrected chi connectivity index (χ4v) is 2.85. The highest BCUT2D eigenvalue weighted by Crippen LogP contribution is 2.17. The smallest absolute Gasteiger partial charge is 0.336 e. The van der Waals surface area contributed by atoms with Gasteiger partial charge in [0.2, 0.25) is 0 Å². The van der Waals surface area contributed by atoms with Gasteiger partial charge in [-0.15, -0.1) is 4.28 Å². The summed E-state index contributed by atoms with van der Waals surface area (Å²) in [5.74, 6) is -0.589. The molecule has 0 radical (unpaired) electrons. The Kier molecular flexibility index (Phi) is 7.09. The third-order valence-corrected chi connectivity index (χ3v) is 4.26. The monoisotopic (exact) mass is 406 g/mol. The van der Waals surface area contributed by atoms with Crippen molar-refractivity contribution in [2.24, 2.45) is 12.8 Å². The average Bonchev–Trinajstić information content (AvgIpc) is 3.05. The highest BCUT2D eigenvalue weighted by atomic mass is 32.3. The van der Waals surface area contributed by atoms with Crippen LogP contribution in [-0.2, 0) is 31.4 Å². The molecule has 2 rings (SSSR count).